The zero-order chi connectivity index (χ0) is 22.4. The number of esters is 1. The van der Waals surface area contributed by atoms with E-state index in [0.717, 1.165) is 5.39 Å². The molecule has 31 heavy (non-hydrogen) atoms. The number of nitrogens with one attached hydrogen (secondary N) is 1. The van der Waals surface area contributed by atoms with Crippen LogP contribution >= 0.6 is 23.2 Å². The molecule has 3 aromatic rings. The lowest BCUT2D eigenvalue weighted by Gasteiger charge is -2.09. The molecule has 0 aliphatic heterocycles. The van der Waals surface area contributed by atoms with Crippen LogP contribution in [0.1, 0.15) is 23.0 Å². The van der Waals surface area contributed by atoms with Gasteiger partial charge in [0.15, 0.2) is 18.1 Å². The third-order valence-corrected chi connectivity index (χ3v) is 4.55. The first kappa shape index (κ1) is 22.5. The fourth-order valence-corrected chi connectivity index (χ4v) is 3.21. The van der Waals surface area contributed by atoms with Crippen molar-refractivity contribution in [3.63, 3.8) is 0 Å². The molecule has 0 saturated carbocycles. The summed E-state index contributed by atoms with van der Waals surface area (Å²) in [4.78, 5) is 23.5. The highest BCUT2D eigenvalue weighted by Crippen LogP contribution is 2.33. The number of carbonyl (C=O) groups excluding carboxylic acids is 2. The second kappa shape index (κ2) is 10.2. The molecule has 0 radical (unpaired) electrons. The average molecular weight is 465 g/mol. The highest BCUT2D eigenvalue weighted by atomic mass is 35.5. The number of halogens is 2. The number of methoxy groups -OCH3 is 1. The number of carbonyl (C=O) groups is 2. The highest BCUT2D eigenvalue weighted by molar-refractivity contribution is 6.37. The van der Waals surface area contributed by atoms with Crippen LogP contribution in [0.3, 0.4) is 0 Å². The minimum atomic E-state index is -0.569. The summed E-state index contributed by atoms with van der Waals surface area (Å²) in [5.41, 5.74) is 3.44. The van der Waals surface area contributed by atoms with Crippen molar-refractivity contribution in [1.29, 1.82) is 0 Å². The number of hydrazone groups is 1. The molecule has 1 heterocycles. The van der Waals surface area contributed by atoms with Crippen molar-refractivity contribution >= 4 is 52.3 Å². The van der Waals surface area contributed by atoms with Gasteiger partial charge >= 0.3 is 11.9 Å². The SMILES string of the molecule is CCOc1ccc2oc(C(=O)N/N=C/c3cc(Cl)c(OCC(=O)OC)c(Cl)c3)cc2c1. The molecule has 0 spiro atoms. The van der Waals surface area contributed by atoms with Gasteiger partial charge in [0.25, 0.3) is 0 Å². The Morgan fingerprint density at radius 3 is 2.55 bits per heavy atom. The molecule has 0 bridgehead atoms. The topological polar surface area (TPSA) is 99.4 Å². The van der Waals surface area contributed by atoms with Gasteiger partial charge in [-0.05, 0) is 48.9 Å². The Labute approximate surface area is 187 Å². The van der Waals surface area contributed by atoms with E-state index >= 15 is 0 Å². The van der Waals surface area contributed by atoms with Crippen LogP contribution in [0, 0.1) is 0 Å². The van der Waals surface area contributed by atoms with Crippen molar-refractivity contribution in [3.8, 4) is 11.5 Å². The summed E-state index contributed by atoms with van der Waals surface area (Å²) in [6.07, 6.45) is 1.36. The van der Waals surface area contributed by atoms with Crippen LogP contribution in [-0.4, -0.2) is 38.4 Å². The Morgan fingerprint density at radius 1 is 1.13 bits per heavy atom. The molecular weight excluding hydrogens is 447 g/mol. The van der Waals surface area contributed by atoms with E-state index in [2.05, 4.69) is 15.3 Å². The maximum absolute atomic E-state index is 12.3. The molecule has 0 fully saturated rings. The van der Waals surface area contributed by atoms with E-state index in [1.54, 1.807) is 24.3 Å². The number of amides is 1. The van der Waals surface area contributed by atoms with Crippen LogP contribution < -0.4 is 14.9 Å². The van der Waals surface area contributed by atoms with E-state index in [1.807, 2.05) is 6.92 Å². The molecule has 1 N–H and O–H groups in total. The molecule has 0 aliphatic carbocycles. The van der Waals surface area contributed by atoms with Crippen LogP contribution in [-0.2, 0) is 9.53 Å². The summed E-state index contributed by atoms with van der Waals surface area (Å²) in [5.74, 6) is -0.165. The molecule has 1 amide bonds. The first-order chi connectivity index (χ1) is 14.9. The largest absolute Gasteiger partial charge is 0.494 e. The van der Waals surface area contributed by atoms with Crippen LogP contribution in [0.4, 0.5) is 0 Å². The smallest absolute Gasteiger partial charge is 0.343 e. The second-order valence-corrected chi connectivity index (χ2v) is 6.94. The normalized spacial score (nSPS) is 11.0. The zero-order valence-electron chi connectivity index (χ0n) is 16.6. The van der Waals surface area contributed by atoms with Crippen molar-refractivity contribution in [3.05, 3.63) is 57.8 Å². The lowest BCUT2D eigenvalue weighted by atomic mass is 10.2. The van der Waals surface area contributed by atoms with Crippen LogP contribution in [0.5, 0.6) is 11.5 Å². The number of benzene rings is 2. The lowest BCUT2D eigenvalue weighted by molar-refractivity contribution is -0.142. The Bertz CT molecular complexity index is 1120. The van der Waals surface area contributed by atoms with Crippen molar-refractivity contribution in [1.82, 2.24) is 5.43 Å². The minimum absolute atomic E-state index is 0.100. The molecule has 162 valence electrons. The van der Waals surface area contributed by atoms with Gasteiger partial charge in [0, 0.05) is 5.39 Å². The predicted molar refractivity (Wildman–Crippen MR) is 116 cm³/mol. The minimum Gasteiger partial charge on any atom is -0.494 e. The van der Waals surface area contributed by atoms with Gasteiger partial charge in [0.05, 0.1) is 30.0 Å². The molecule has 10 heteroatoms. The van der Waals surface area contributed by atoms with E-state index in [-0.39, 0.29) is 28.2 Å². The van der Waals surface area contributed by atoms with Gasteiger partial charge in [-0.25, -0.2) is 10.2 Å². The number of fused-ring (bicyclic) bond motifs is 1. The number of hydrogen-bond donors (Lipinski definition) is 1. The molecular formula is C21H18Cl2N2O6. The molecule has 8 nitrogen and oxygen atoms in total. The quantitative estimate of drug-likeness (QED) is 0.300. The summed E-state index contributed by atoms with van der Waals surface area (Å²) in [7, 11) is 1.24. The van der Waals surface area contributed by atoms with E-state index in [4.69, 9.17) is 37.1 Å². The molecule has 1 aromatic heterocycles. The zero-order valence-corrected chi connectivity index (χ0v) is 18.1. The summed E-state index contributed by atoms with van der Waals surface area (Å²) in [6.45, 7) is 2.10. The van der Waals surface area contributed by atoms with E-state index in [9.17, 15) is 9.59 Å². The summed E-state index contributed by atoms with van der Waals surface area (Å²) >= 11 is 12.3. The average Bonchev–Trinajstić information content (AvgIpc) is 3.16. The Hall–Kier alpha value is -3.23. The first-order valence-corrected chi connectivity index (χ1v) is 9.85. The van der Waals surface area contributed by atoms with Crippen LogP contribution in [0.15, 0.2) is 45.9 Å². The van der Waals surface area contributed by atoms with Gasteiger partial charge in [-0.15, -0.1) is 0 Å². The van der Waals surface area contributed by atoms with Crippen molar-refractivity contribution < 1.29 is 28.2 Å². The maximum atomic E-state index is 12.3. The Morgan fingerprint density at radius 2 is 1.87 bits per heavy atom. The molecule has 3 rings (SSSR count). The fraction of sp³-hybridized carbons (Fsp3) is 0.190. The van der Waals surface area contributed by atoms with Gasteiger partial charge in [-0.2, -0.15) is 5.10 Å². The van der Waals surface area contributed by atoms with Gasteiger partial charge in [-0.3, -0.25) is 4.79 Å². The number of nitrogens with zero attached hydrogens (tertiary/aromatic N) is 1. The molecule has 0 aliphatic rings. The standard InChI is InChI=1S/C21H18Cl2N2O6/c1-3-29-14-4-5-17-13(8-14)9-18(31-17)21(27)25-24-10-12-6-15(22)20(16(23)7-12)30-11-19(26)28-2/h4-10H,3,11H2,1-2H3,(H,25,27)/b24-10+. The predicted octanol–water partition coefficient (Wildman–Crippen LogP) is 4.45. The number of furan rings is 1. The summed E-state index contributed by atoms with van der Waals surface area (Å²) < 4.78 is 20.7. The monoisotopic (exact) mass is 464 g/mol. The summed E-state index contributed by atoms with van der Waals surface area (Å²) in [6, 6.07) is 9.92. The lowest BCUT2D eigenvalue weighted by Crippen LogP contribution is -2.16. The van der Waals surface area contributed by atoms with Gasteiger partial charge in [0.1, 0.15) is 11.3 Å². The Kier molecular flexibility index (Phi) is 7.38. The van der Waals surface area contributed by atoms with Crippen LogP contribution in [0.25, 0.3) is 11.0 Å². The molecule has 0 unspecified atom stereocenters. The molecule has 0 atom stereocenters. The van der Waals surface area contributed by atoms with E-state index in [1.165, 1.54) is 25.5 Å². The van der Waals surface area contributed by atoms with E-state index < -0.39 is 11.9 Å². The highest BCUT2D eigenvalue weighted by Gasteiger charge is 2.13. The molecule has 2 aromatic carbocycles. The van der Waals surface area contributed by atoms with Gasteiger partial charge in [0.2, 0.25) is 0 Å². The first-order valence-electron chi connectivity index (χ1n) is 9.09. The maximum Gasteiger partial charge on any atom is 0.343 e. The van der Waals surface area contributed by atoms with Crippen molar-refractivity contribution in [2.24, 2.45) is 5.10 Å². The fourth-order valence-electron chi connectivity index (χ4n) is 2.59. The second-order valence-electron chi connectivity index (χ2n) is 6.12. The van der Waals surface area contributed by atoms with Gasteiger partial charge in [-0.1, -0.05) is 23.2 Å². The van der Waals surface area contributed by atoms with E-state index in [0.29, 0.717) is 23.5 Å². The third-order valence-electron chi connectivity index (χ3n) is 3.98. The van der Waals surface area contributed by atoms with Crippen molar-refractivity contribution in [2.75, 3.05) is 20.3 Å². The Balaban J connectivity index is 1.66. The number of rotatable bonds is 8. The number of ether oxygens (including phenoxy) is 3. The van der Waals surface area contributed by atoms with Crippen molar-refractivity contribution in [2.45, 2.75) is 6.92 Å². The summed E-state index contributed by atoms with van der Waals surface area (Å²) in [5, 5.41) is 4.98. The molecule has 0 saturated heterocycles. The van der Waals surface area contributed by atoms with Crippen LogP contribution in [0.2, 0.25) is 10.0 Å². The third kappa shape index (κ3) is 5.68. The van der Waals surface area contributed by atoms with Gasteiger partial charge < -0.3 is 18.6 Å². The number of hydrogen-bond acceptors (Lipinski definition) is 7.